The Morgan fingerprint density at radius 3 is 1.45 bits per heavy atom. The van der Waals surface area contributed by atoms with E-state index in [4.69, 9.17) is 55.1 Å². The summed E-state index contributed by atoms with van der Waals surface area (Å²) >= 11 is 17.4. The zero-order valence-electron chi connectivity index (χ0n) is 65.3. The molecule has 2 unspecified atom stereocenters. The number of fused-ring (bicyclic) bond motifs is 3. The first-order valence-corrected chi connectivity index (χ1v) is 36.5. The molecule has 0 bridgehead atoms. The third-order valence-corrected chi connectivity index (χ3v) is 17.0. The third-order valence-electron chi connectivity index (χ3n) is 16.2. The molecule has 10 aromatic rings. The van der Waals surface area contributed by atoms with Gasteiger partial charge in [0.05, 0.1) is 63.7 Å². The van der Waals surface area contributed by atoms with Gasteiger partial charge < -0.3 is 75.1 Å². The minimum atomic E-state index is -0.817. The minimum absolute atomic E-state index is 0. The van der Waals surface area contributed by atoms with Gasteiger partial charge in [-0.25, -0.2) is 39.1 Å². The van der Waals surface area contributed by atoms with Crippen LogP contribution in [0.3, 0.4) is 0 Å². The molecule has 2 fully saturated rings. The zero-order valence-corrected chi connectivity index (χ0v) is 69.6. The van der Waals surface area contributed by atoms with Crippen molar-refractivity contribution in [3.8, 4) is 17.2 Å². The summed E-state index contributed by atoms with van der Waals surface area (Å²) in [6.45, 7) is 10.2. The van der Waals surface area contributed by atoms with E-state index in [1.165, 1.54) is 120 Å². The van der Waals surface area contributed by atoms with Crippen molar-refractivity contribution in [2.24, 2.45) is 17.6 Å². The van der Waals surface area contributed by atoms with Crippen molar-refractivity contribution in [1.82, 2.24) is 55.4 Å². The molecule has 0 saturated carbocycles. The number of rotatable bonds is 16. The van der Waals surface area contributed by atoms with Crippen LogP contribution < -0.4 is 56.6 Å². The molecule has 8 aromatic heterocycles. The van der Waals surface area contributed by atoms with Crippen molar-refractivity contribution in [3.05, 3.63) is 224 Å². The number of aromatic hydroxyl groups is 3. The number of ether oxygens (including phenoxy) is 6. The van der Waals surface area contributed by atoms with Crippen LogP contribution in [-0.2, 0) is 50.9 Å². The second kappa shape index (κ2) is 53.9. The van der Waals surface area contributed by atoms with Gasteiger partial charge in [0.2, 0.25) is 0 Å². The normalized spacial score (nSPS) is 12.7. The van der Waals surface area contributed by atoms with Gasteiger partial charge in [0.1, 0.15) is 33.4 Å². The van der Waals surface area contributed by atoms with Crippen LogP contribution in [0.15, 0.2) is 157 Å². The zero-order chi connectivity index (χ0) is 84.7. The van der Waals surface area contributed by atoms with Gasteiger partial charge in [-0.05, 0) is 175 Å². The molecule has 8 N–H and O–H groups in total. The number of esters is 6. The predicted octanol–water partition coefficient (Wildman–Crippen LogP) is 7.45. The van der Waals surface area contributed by atoms with Crippen LogP contribution in [0.25, 0.3) is 32.7 Å². The molecule has 10 heterocycles. The quantitative estimate of drug-likeness (QED) is 0.0162. The van der Waals surface area contributed by atoms with E-state index in [-0.39, 0.29) is 165 Å². The van der Waals surface area contributed by atoms with Gasteiger partial charge >= 0.3 is 65.4 Å². The van der Waals surface area contributed by atoms with E-state index < -0.39 is 46.6 Å². The maximum absolute atomic E-state index is 13.0. The van der Waals surface area contributed by atoms with Gasteiger partial charge in [-0.3, -0.25) is 43.7 Å². The molecular formula is C82H96Cl3N12NaO20. The number of halogens is 3. The van der Waals surface area contributed by atoms with Crippen LogP contribution in [0.4, 0.5) is 0 Å². The van der Waals surface area contributed by atoms with E-state index in [1.807, 2.05) is 18.2 Å². The Kier molecular flexibility index (Phi) is 47.0. The third kappa shape index (κ3) is 31.7. The van der Waals surface area contributed by atoms with Crippen molar-refractivity contribution in [2.45, 2.75) is 93.3 Å². The fourth-order valence-corrected chi connectivity index (χ4v) is 11.5. The van der Waals surface area contributed by atoms with E-state index in [9.17, 15) is 63.3 Å². The number of aromatic nitrogens is 8. The van der Waals surface area contributed by atoms with Crippen molar-refractivity contribution >= 4 is 120 Å². The molecule has 0 spiro atoms. The molecule has 2 aliphatic heterocycles. The van der Waals surface area contributed by atoms with E-state index in [2.05, 4.69) is 112 Å². The number of carbonyl (C=O) groups is 9. The SMILES string of the molecule is C.C.CC(C)OC(=O)c1ncccc1C(=O)Cl.COC(=O)CN.COC(=O)CNC(=O)c1cccnc1C(=O)OC(C)C.COC(=O)c1[nH]c(=O)c2cccnc2c1O.COC(=O)c1nc(Cl)c2cccnc2c1O.C[O-].O=C(c1nc(Cl)c2cccnc2c1O)N1CCCC(Cc2ccccc2)C1.[Na+].c1ccc(CC2CCCNC2)cc1. The Morgan fingerprint density at radius 2 is 0.992 bits per heavy atom. The van der Waals surface area contributed by atoms with E-state index in [0.29, 0.717) is 35.3 Å². The van der Waals surface area contributed by atoms with Crippen LogP contribution in [0.5, 0.6) is 17.2 Å². The number of nitrogens with two attached hydrogens (primary N) is 1. The maximum atomic E-state index is 13.0. The molecule has 0 radical (unpaired) electrons. The van der Waals surface area contributed by atoms with Gasteiger partial charge in [0.25, 0.3) is 22.6 Å². The monoisotopic (exact) mass is 1700 g/mol. The number of benzene rings is 2. The number of piperidine rings is 2. The van der Waals surface area contributed by atoms with Gasteiger partial charge in [-0.2, -0.15) is 7.11 Å². The molecule has 32 nitrogen and oxygen atoms in total. The van der Waals surface area contributed by atoms with Gasteiger partial charge in [0.15, 0.2) is 45.7 Å². The number of likely N-dealkylation sites (tertiary alicyclic amines) is 1. The fourth-order valence-electron chi connectivity index (χ4n) is 10.9. The molecule has 2 aliphatic rings. The second-order valence-electron chi connectivity index (χ2n) is 24.9. The molecule has 626 valence electrons. The number of amides is 2. The number of aromatic amines is 1. The summed E-state index contributed by atoms with van der Waals surface area (Å²) in [5.74, 6) is -4.44. The molecule has 2 saturated heterocycles. The molecule has 36 heteroatoms. The van der Waals surface area contributed by atoms with Crippen LogP contribution >= 0.6 is 34.8 Å². The first-order chi connectivity index (χ1) is 55.2. The molecule has 0 aliphatic carbocycles. The number of carbonyl (C=O) groups excluding carboxylic acids is 9. The summed E-state index contributed by atoms with van der Waals surface area (Å²) in [6.07, 6.45) is 13.6. The summed E-state index contributed by atoms with van der Waals surface area (Å²) < 4.78 is 27.4. The van der Waals surface area contributed by atoms with Crippen LogP contribution in [0, 0.1) is 11.8 Å². The summed E-state index contributed by atoms with van der Waals surface area (Å²) in [4.78, 5) is 146. The molecule has 118 heavy (non-hydrogen) atoms. The topological polar surface area (TPSA) is 469 Å². The number of hydrogen-bond acceptors (Lipinski definition) is 29. The van der Waals surface area contributed by atoms with Crippen molar-refractivity contribution < 1.29 is 122 Å². The summed E-state index contributed by atoms with van der Waals surface area (Å²) in [7, 11) is 5.61. The van der Waals surface area contributed by atoms with Crippen LogP contribution in [0.2, 0.25) is 10.3 Å². The average molecular weight is 1700 g/mol. The molecule has 2 amide bonds. The number of H-pyrrole nitrogens is 1. The summed E-state index contributed by atoms with van der Waals surface area (Å²) in [6, 6.07) is 36.8. The average Bonchev–Trinajstić information content (AvgIpc) is 0.789. The van der Waals surface area contributed by atoms with Crippen LogP contribution in [-0.4, -0.2) is 200 Å². The van der Waals surface area contributed by atoms with Crippen LogP contribution in [0.1, 0.15) is 153 Å². The Hall–Kier alpha value is -11.2. The molecular weight excluding hydrogens is 1600 g/mol. The van der Waals surface area contributed by atoms with E-state index in [1.54, 1.807) is 69.1 Å². The Balaban J connectivity index is 0.000000476. The number of hydrogen-bond donors (Lipinski definition) is 7. The fraction of sp³-hybridized carbons (Fsp3) is 0.329. The molecule has 2 atom stereocenters. The Labute approximate surface area is 719 Å². The van der Waals surface area contributed by atoms with Crippen molar-refractivity contribution in [2.75, 3.05) is 74.8 Å². The standard InChI is InChI=1S/C21H20ClN3O2.C13H16N2O5.C12H17N.C10H7ClN2O3.C10H10ClNO3.C10H8N2O4.C3H7NO2.CH3O.2CH4.Na/c22-20-16-9-4-10-23-17(16)19(26)18(24-20)21(27)25-11-5-8-15(13-25)12-14-6-2-1-3-7-14;1-8(2)20-13(18)11-9(5-4-6-14-11)12(17)15-7-10(16)19-3;1-2-5-11(6-3-1)9-12-7-4-8-13-10-12;1-16-10(15)7-8(14)6-5(9(11)13-7)3-2-4-12-6;1-6(2)15-10(14)8-7(9(11)13)4-3-5-12-8;1-16-10(15)7-8(13)6-5(9(14)12-7)3-2-4-11-6;1-6-3(5)2-4;1-2;;;/h1-4,6-7,9-10,15,26H,5,8,11-13H2;4-6,8H,7H2,1-3H3,(H,15,17);1-3,5-6,12-13H,4,7-10H2;2-4,14H,1H3;3-6H,1-2H3;2-4,13H,1H3,(H,12,14);2,4H2,1H3;1H3;2*1H4;/q;;;;;;;-1;;;+1. The molecule has 2 aromatic carbocycles. The van der Waals surface area contributed by atoms with Gasteiger partial charge in [-0.1, -0.05) is 98.7 Å². The Morgan fingerprint density at radius 1 is 0.551 bits per heavy atom. The second-order valence-corrected chi connectivity index (χ2v) is 26.0. The first-order valence-electron chi connectivity index (χ1n) is 35.4. The van der Waals surface area contributed by atoms with Crippen molar-refractivity contribution in [1.29, 1.82) is 0 Å². The number of methoxy groups -OCH3 is 4. The van der Waals surface area contributed by atoms with Gasteiger partial charge in [0, 0.05) is 54.8 Å². The van der Waals surface area contributed by atoms with Gasteiger partial charge in [-0.15, -0.1) is 0 Å². The summed E-state index contributed by atoms with van der Waals surface area (Å²) in [5.41, 5.74) is 7.08. The summed E-state index contributed by atoms with van der Waals surface area (Å²) in [5, 5.41) is 44.9. The molecule has 12 rings (SSSR count). The maximum Gasteiger partial charge on any atom is 1.00 e. The smallest absolute Gasteiger partial charge is 0.857 e. The van der Waals surface area contributed by atoms with E-state index >= 15 is 0 Å². The van der Waals surface area contributed by atoms with E-state index in [0.717, 1.165) is 39.4 Å². The number of nitrogens with zero attached hydrogens (tertiary/aromatic N) is 8. The minimum Gasteiger partial charge on any atom is -0.857 e. The number of nitrogens with one attached hydrogen (secondary N) is 3. The number of pyridine rings is 8. The largest absolute Gasteiger partial charge is 1.00 e. The van der Waals surface area contributed by atoms with Crippen molar-refractivity contribution in [3.63, 3.8) is 0 Å². The Bertz CT molecular complexity index is 4990. The predicted molar refractivity (Wildman–Crippen MR) is 438 cm³/mol. The first kappa shape index (κ1) is 103.